The van der Waals surface area contributed by atoms with Crippen molar-refractivity contribution in [2.75, 3.05) is 12.4 Å². The minimum atomic E-state index is -0.438. The fraction of sp³-hybridized carbons (Fsp3) is 0.562. The molecule has 5 nitrogen and oxygen atoms in total. The summed E-state index contributed by atoms with van der Waals surface area (Å²) in [6.07, 6.45) is 5.89. The fourth-order valence-corrected chi connectivity index (χ4v) is 3.57. The second kappa shape index (κ2) is 5.13. The molecule has 1 aromatic rings. The van der Waals surface area contributed by atoms with Gasteiger partial charge < -0.3 is 5.32 Å². The number of hydrogen-bond donors (Lipinski definition) is 1. The molecule has 0 amide bonds. The van der Waals surface area contributed by atoms with Crippen molar-refractivity contribution in [2.45, 2.75) is 43.9 Å². The van der Waals surface area contributed by atoms with Gasteiger partial charge in [-0.1, -0.05) is 18.9 Å². The standard InChI is InChI=1S/C16H20N2O3/c1-17-13-7-6-12(10-14(13)18(20)21)16(8-9-16)15(19)11-4-2-3-5-11/h6-7,10-11,17H,2-5,8-9H2,1H3. The summed E-state index contributed by atoms with van der Waals surface area (Å²) in [6, 6.07) is 5.18. The van der Waals surface area contributed by atoms with Crippen LogP contribution >= 0.6 is 0 Å². The second-order valence-corrected chi connectivity index (χ2v) is 6.17. The lowest BCUT2D eigenvalue weighted by atomic mass is 9.83. The highest BCUT2D eigenvalue weighted by Crippen LogP contribution is 2.53. The van der Waals surface area contributed by atoms with E-state index in [4.69, 9.17) is 0 Å². The Bertz CT molecular complexity index is 587. The number of nitrogens with zero attached hydrogens (tertiary/aromatic N) is 1. The molecule has 3 rings (SSSR count). The van der Waals surface area contributed by atoms with Crippen LogP contribution in [0.5, 0.6) is 0 Å². The number of benzene rings is 1. The Morgan fingerprint density at radius 2 is 2.00 bits per heavy atom. The molecule has 2 aliphatic rings. The van der Waals surface area contributed by atoms with Crippen molar-refractivity contribution >= 4 is 17.2 Å². The monoisotopic (exact) mass is 288 g/mol. The fourth-order valence-electron chi connectivity index (χ4n) is 3.57. The first-order chi connectivity index (χ1) is 10.1. The Morgan fingerprint density at radius 1 is 1.33 bits per heavy atom. The SMILES string of the molecule is CNc1ccc(C2(C(=O)C3CCCC3)CC2)cc1[N+](=O)[O-]. The van der Waals surface area contributed by atoms with Crippen molar-refractivity contribution < 1.29 is 9.72 Å². The molecule has 112 valence electrons. The summed E-state index contributed by atoms with van der Waals surface area (Å²) in [7, 11) is 1.67. The average Bonchev–Trinajstić information content (AvgIpc) is 3.12. The first-order valence-electron chi connectivity index (χ1n) is 7.59. The maximum absolute atomic E-state index is 12.8. The van der Waals surface area contributed by atoms with E-state index in [2.05, 4.69) is 5.32 Å². The number of Topliss-reactive ketones (excluding diaryl/α,β-unsaturated/α-hetero) is 1. The largest absolute Gasteiger partial charge is 0.383 e. The third-order valence-electron chi connectivity index (χ3n) is 4.96. The molecule has 0 unspecified atom stereocenters. The zero-order valence-electron chi connectivity index (χ0n) is 12.2. The van der Waals surface area contributed by atoms with E-state index in [1.807, 2.05) is 6.07 Å². The quantitative estimate of drug-likeness (QED) is 0.665. The number of carbonyl (C=O) groups is 1. The van der Waals surface area contributed by atoms with Crippen molar-refractivity contribution in [3.63, 3.8) is 0 Å². The van der Waals surface area contributed by atoms with Gasteiger partial charge in [-0.15, -0.1) is 0 Å². The van der Waals surface area contributed by atoms with Gasteiger partial charge in [0.15, 0.2) is 0 Å². The topological polar surface area (TPSA) is 72.2 Å². The molecular formula is C16H20N2O3. The van der Waals surface area contributed by atoms with Crippen LogP contribution in [0.1, 0.15) is 44.1 Å². The molecule has 0 spiro atoms. The van der Waals surface area contributed by atoms with Gasteiger partial charge in [-0.3, -0.25) is 14.9 Å². The summed E-state index contributed by atoms with van der Waals surface area (Å²) in [5, 5.41) is 14.0. The maximum atomic E-state index is 12.8. The van der Waals surface area contributed by atoms with E-state index in [1.165, 1.54) is 0 Å². The number of carbonyl (C=O) groups excluding carboxylic acids is 1. The van der Waals surface area contributed by atoms with Crippen molar-refractivity contribution in [3.8, 4) is 0 Å². The Kier molecular flexibility index (Phi) is 3.43. The lowest BCUT2D eigenvalue weighted by Gasteiger charge is -2.19. The predicted molar refractivity (Wildman–Crippen MR) is 80.5 cm³/mol. The summed E-state index contributed by atoms with van der Waals surface area (Å²) < 4.78 is 0. The Balaban J connectivity index is 1.94. The lowest BCUT2D eigenvalue weighted by molar-refractivity contribution is -0.384. The smallest absolute Gasteiger partial charge is 0.292 e. The van der Waals surface area contributed by atoms with Crippen LogP contribution in [0.15, 0.2) is 18.2 Å². The van der Waals surface area contributed by atoms with Crippen molar-refractivity contribution in [1.82, 2.24) is 0 Å². The van der Waals surface area contributed by atoms with Gasteiger partial charge in [0.05, 0.1) is 10.3 Å². The number of ketones is 1. The molecule has 1 N–H and O–H groups in total. The van der Waals surface area contributed by atoms with Crippen molar-refractivity contribution in [2.24, 2.45) is 5.92 Å². The molecule has 0 atom stereocenters. The van der Waals surface area contributed by atoms with Gasteiger partial charge in [-0.2, -0.15) is 0 Å². The van der Waals surface area contributed by atoms with Gasteiger partial charge in [0.1, 0.15) is 11.5 Å². The van der Waals surface area contributed by atoms with Crippen LogP contribution in [-0.2, 0) is 10.2 Å². The van der Waals surface area contributed by atoms with Crippen molar-refractivity contribution in [3.05, 3.63) is 33.9 Å². The second-order valence-electron chi connectivity index (χ2n) is 6.17. The van der Waals surface area contributed by atoms with Gasteiger partial charge in [0, 0.05) is 19.0 Å². The van der Waals surface area contributed by atoms with Gasteiger partial charge in [-0.05, 0) is 37.3 Å². The predicted octanol–water partition coefficient (Wildman–Crippen LogP) is 3.43. The van der Waals surface area contributed by atoms with E-state index >= 15 is 0 Å². The first-order valence-corrected chi connectivity index (χ1v) is 7.59. The minimum Gasteiger partial charge on any atom is -0.383 e. The molecule has 0 bridgehead atoms. The van der Waals surface area contributed by atoms with Crippen molar-refractivity contribution in [1.29, 1.82) is 0 Å². The molecule has 1 aromatic carbocycles. The van der Waals surface area contributed by atoms with E-state index in [0.717, 1.165) is 44.1 Å². The van der Waals surface area contributed by atoms with E-state index in [0.29, 0.717) is 11.5 Å². The van der Waals surface area contributed by atoms with Gasteiger partial charge >= 0.3 is 0 Å². The molecule has 5 heteroatoms. The average molecular weight is 288 g/mol. The third kappa shape index (κ3) is 2.30. The molecule has 2 saturated carbocycles. The lowest BCUT2D eigenvalue weighted by Crippen LogP contribution is -2.27. The van der Waals surface area contributed by atoms with E-state index < -0.39 is 5.41 Å². The Labute approximate surface area is 123 Å². The van der Waals surface area contributed by atoms with Crippen LogP contribution in [0, 0.1) is 16.0 Å². The van der Waals surface area contributed by atoms with Crippen LogP contribution in [-0.4, -0.2) is 17.8 Å². The third-order valence-corrected chi connectivity index (χ3v) is 4.96. The van der Waals surface area contributed by atoms with E-state index in [9.17, 15) is 14.9 Å². The molecule has 0 saturated heterocycles. The van der Waals surface area contributed by atoms with Gasteiger partial charge in [0.2, 0.25) is 0 Å². The Morgan fingerprint density at radius 3 is 2.52 bits per heavy atom. The molecule has 0 radical (unpaired) electrons. The summed E-state index contributed by atoms with van der Waals surface area (Å²) in [6.45, 7) is 0. The number of nitro groups is 1. The zero-order chi connectivity index (χ0) is 15.0. The van der Waals surface area contributed by atoms with Gasteiger partial charge in [-0.25, -0.2) is 0 Å². The molecular weight excluding hydrogens is 268 g/mol. The summed E-state index contributed by atoms with van der Waals surface area (Å²) in [5.41, 5.74) is 0.935. The highest BCUT2D eigenvalue weighted by atomic mass is 16.6. The summed E-state index contributed by atoms with van der Waals surface area (Å²) >= 11 is 0. The summed E-state index contributed by atoms with van der Waals surface area (Å²) in [5.74, 6) is 0.474. The molecule has 0 heterocycles. The summed E-state index contributed by atoms with van der Waals surface area (Å²) in [4.78, 5) is 23.6. The maximum Gasteiger partial charge on any atom is 0.292 e. The van der Waals surface area contributed by atoms with E-state index in [1.54, 1.807) is 19.2 Å². The highest BCUT2D eigenvalue weighted by molar-refractivity contribution is 5.95. The number of nitro benzene ring substituents is 1. The molecule has 2 fully saturated rings. The molecule has 0 aromatic heterocycles. The van der Waals surface area contributed by atoms with Crippen LogP contribution in [0.3, 0.4) is 0 Å². The zero-order valence-corrected chi connectivity index (χ0v) is 12.2. The number of rotatable bonds is 5. The minimum absolute atomic E-state index is 0.0560. The molecule has 21 heavy (non-hydrogen) atoms. The number of hydrogen-bond acceptors (Lipinski definition) is 4. The van der Waals surface area contributed by atoms with Crippen LogP contribution in [0.2, 0.25) is 0 Å². The van der Waals surface area contributed by atoms with Crippen LogP contribution in [0.25, 0.3) is 0 Å². The van der Waals surface area contributed by atoms with Gasteiger partial charge in [0.25, 0.3) is 5.69 Å². The Hall–Kier alpha value is -1.91. The first kappa shape index (κ1) is 14.0. The molecule has 2 aliphatic carbocycles. The molecule has 0 aliphatic heterocycles. The van der Waals surface area contributed by atoms with E-state index in [-0.39, 0.29) is 16.5 Å². The van der Waals surface area contributed by atoms with Crippen LogP contribution in [0.4, 0.5) is 11.4 Å². The number of anilines is 1. The normalized spacial score (nSPS) is 20.2. The highest BCUT2D eigenvalue weighted by Gasteiger charge is 2.53. The number of nitrogens with one attached hydrogen (secondary N) is 1. The van der Waals surface area contributed by atoms with Crippen LogP contribution < -0.4 is 5.32 Å².